The van der Waals surface area contributed by atoms with Crippen LogP contribution in [0.2, 0.25) is 0 Å². The zero-order chi connectivity index (χ0) is 13.2. The second kappa shape index (κ2) is 5.46. The molecule has 0 atom stereocenters. The largest absolute Gasteiger partial charge is 0.380 e. The Hall–Kier alpha value is -1.15. The minimum atomic E-state index is 0.669. The number of methoxy groups -OCH3 is 1. The molecule has 2 fully saturated rings. The molecule has 0 aliphatic heterocycles. The molecule has 2 heteroatoms. The van der Waals surface area contributed by atoms with E-state index in [4.69, 9.17) is 9.72 Å². The van der Waals surface area contributed by atoms with Gasteiger partial charge >= 0.3 is 0 Å². The normalized spacial score (nSPS) is 19.8. The summed E-state index contributed by atoms with van der Waals surface area (Å²) in [5.41, 5.74) is 5.09. The van der Waals surface area contributed by atoms with E-state index in [1.807, 2.05) is 6.08 Å². The van der Waals surface area contributed by atoms with Gasteiger partial charge in [0.25, 0.3) is 0 Å². The standard InChI is InChI=1S/C17H23NO/c1-3-12-10-15(11-19-2)17(14-8-5-9-14)18-16(12)13-6-4-7-13/h3,10,13-14H,1,4-9,11H2,2H3. The fourth-order valence-electron chi connectivity index (χ4n) is 3.08. The van der Waals surface area contributed by atoms with Crippen molar-refractivity contribution in [3.63, 3.8) is 0 Å². The van der Waals surface area contributed by atoms with E-state index >= 15 is 0 Å². The number of ether oxygens (including phenoxy) is 1. The Morgan fingerprint density at radius 3 is 2.32 bits per heavy atom. The average Bonchev–Trinajstić information content (AvgIpc) is 2.28. The summed E-state index contributed by atoms with van der Waals surface area (Å²) >= 11 is 0. The van der Waals surface area contributed by atoms with Gasteiger partial charge in [-0.2, -0.15) is 0 Å². The van der Waals surface area contributed by atoms with E-state index < -0.39 is 0 Å². The van der Waals surface area contributed by atoms with Crippen LogP contribution < -0.4 is 0 Å². The molecule has 1 aromatic rings. The first-order valence-corrected chi connectivity index (χ1v) is 7.48. The van der Waals surface area contributed by atoms with Crippen molar-refractivity contribution < 1.29 is 4.74 Å². The highest BCUT2D eigenvalue weighted by atomic mass is 16.5. The summed E-state index contributed by atoms with van der Waals surface area (Å²) in [4.78, 5) is 5.05. The lowest BCUT2D eigenvalue weighted by Crippen LogP contribution is -2.19. The van der Waals surface area contributed by atoms with Crippen molar-refractivity contribution in [1.82, 2.24) is 4.98 Å². The maximum absolute atomic E-state index is 5.35. The predicted molar refractivity (Wildman–Crippen MR) is 78.2 cm³/mol. The first-order valence-electron chi connectivity index (χ1n) is 7.48. The van der Waals surface area contributed by atoms with Gasteiger partial charge in [-0.05, 0) is 37.3 Å². The lowest BCUT2D eigenvalue weighted by Gasteiger charge is -2.31. The van der Waals surface area contributed by atoms with Crippen molar-refractivity contribution in [2.45, 2.75) is 57.0 Å². The van der Waals surface area contributed by atoms with Crippen LogP contribution in [0.5, 0.6) is 0 Å². The van der Waals surface area contributed by atoms with Crippen LogP contribution in [0, 0.1) is 0 Å². The molecule has 0 aromatic carbocycles. The maximum atomic E-state index is 5.35. The monoisotopic (exact) mass is 257 g/mol. The number of pyridine rings is 1. The average molecular weight is 257 g/mol. The molecule has 0 amide bonds. The molecule has 19 heavy (non-hydrogen) atoms. The quantitative estimate of drug-likeness (QED) is 0.779. The van der Waals surface area contributed by atoms with E-state index in [1.54, 1.807) is 7.11 Å². The molecule has 2 saturated carbocycles. The van der Waals surface area contributed by atoms with E-state index in [2.05, 4.69) is 12.6 Å². The Labute approximate surface area is 115 Å². The summed E-state index contributed by atoms with van der Waals surface area (Å²) < 4.78 is 5.35. The number of aromatic nitrogens is 1. The molecule has 2 nitrogen and oxygen atoms in total. The SMILES string of the molecule is C=Cc1cc(COC)c(C2CCC2)nc1C1CCC1. The summed E-state index contributed by atoms with van der Waals surface area (Å²) in [6.07, 6.45) is 9.83. The second-order valence-electron chi connectivity index (χ2n) is 5.90. The summed E-state index contributed by atoms with van der Waals surface area (Å²) in [6.45, 7) is 4.63. The fraction of sp³-hybridized carbons (Fsp3) is 0.588. The van der Waals surface area contributed by atoms with Crippen molar-refractivity contribution in [3.05, 3.63) is 35.2 Å². The Balaban J connectivity index is 2.00. The highest BCUT2D eigenvalue weighted by Crippen LogP contribution is 2.42. The van der Waals surface area contributed by atoms with Gasteiger partial charge in [0.2, 0.25) is 0 Å². The van der Waals surface area contributed by atoms with Gasteiger partial charge in [0.15, 0.2) is 0 Å². The van der Waals surface area contributed by atoms with Gasteiger partial charge in [0, 0.05) is 30.2 Å². The van der Waals surface area contributed by atoms with E-state index in [1.165, 1.54) is 61.0 Å². The lowest BCUT2D eigenvalue weighted by atomic mass is 9.78. The lowest BCUT2D eigenvalue weighted by molar-refractivity contribution is 0.182. The van der Waals surface area contributed by atoms with Crippen molar-refractivity contribution >= 4 is 6.08 Å². The molecule has 0 unspecified atom stereocenters. The van der Waals surface area contributed by atoms with Gasteiger partial charge in [-0.1, -0.05) is 25.5 Å². The van der Waals surface area contributed by atoms with Gasteiger partial charge in [-0.15, -0.1) is 0 Å². The molecule has 2 aliphatic rings. The maximum Gasteiger partial charge on any atom is 0.0731 e. The van der Waals surface area contributed by atoms with E-state index in [9.17, 15) is 0 Å². The van der Waals surface area contributed by atoms with Crippen molar-refractivity contribution in [2.24, 2.45) is 0 Å². The molecule has 2 aliphatic carbocycles. The van der Waals surface area contributed by atoms with Crippen LogP contribution in [0.4, 0.5) is 0 Å². The number of nitrogens with zero attached hydrogens (tertiary/aromatic N) is 1. The third-order valence-electron chi connectivity index (χ3n) is 4.70. The zero-order valence-electron chi connectivity index (χ0n) is 11.8. The van der Waals surface area contributed by atoms with E-state index in [0.717, 1.165) is 0 Å². The second-order valence-corrected chi connectivity index (χ2v) is 5.90. The number of hydrogen-bond acceptors (Lipinski definition) is 2. The minimum absolute atomic E-state index is 0.669. The molecular formula is C17H23NO. The molecule has 0 spiro atoms. The predicted octanol–water partition coefficient (Wildman–Crippen LogP) is 4.41. The smallest absolute Gasteiger partial charge is 0.0731 e. The molecule has 1 aromatic heterocycles. The molecule has 0 saturated heterocycles. The van der Waals surface area contributed by atoms with E-state index in [-0.39, 0.29) is 0 Å². The van der Waals surface area contributed by atoms with Gasteiger partial charge in [0.05, 0.1) is 12.3 Å². The van der Waals surface area contributed by atoms with Crippen molar-refractivity contribution in [1.29, 1.82) is 0 Å². The van der Waals surface area contributed by atoms with Crippen LogP contribution in [0.15, 0.2) is 12.6 Å². The molecule has 0 bridgehead atoms. The van der Waals surface area contributed by atoms with Gasteiger partial charge in [-0.25, -0.2) is 0 Å². The van der Waals surface area contributed by atoms with Crippen LogP contribution in [0.1, 0.15) is 72.9 Å². The molecule has 1 heterocycles. The van der Waals surface area contributed by atoms with Crippen LogP contribution in [-0.4, -0.2) is 12.1 Å². The van der Waals surface area contributed by atoms with Gasteiger partial charge < -0.3 is 4.74 Å². The Morgan fingerprint density at radius 2 is 1.84 bits per heavy atom. The first-order chi connectivity index (χ1) is 9.33. The first kappa shape index (κ1) is 12.9. The van der Waals surface area contributed by atoms with Gasteiger partial charge in [-0.3, -0.25) is 4.98 Å². The van der Waals surface area contributed by atoms with E-state index in [0.29, 0.717) is 18.4 Å². The fourth-order valence-corrected chi connectivity index (χ4v) is 3.08. The highest BCUT2D eigenvalue weighted by molar-refractivity contribution is 5.53. The highest BCUT2D eigenvalue weighted by Gasteiger charge is 2.28. The summed E-state index contributed by atoms with van der Waals surface area (Å²) in [7, 11) is 1.76. The summed E-state index contributed by atoms with van der Waals surface area (Å²) in [6, 6.07) is 2.27. The van der Waals surface area contributed by atoms with Crippen LogP contribution >= 0.6 is 0 Å². The summed E-state index contributed by atoms with van der Waals surface area (Å²) in [5.74, 6) is 1.34. The topological polar surface area (TPSA) is 22.1 Å². The Kier molecular flexibility index (Phi) is 3.69. The molecular weight excluding hydrogens is 234 g/mol. The van der Waals surface area contributed by atoms with Crippen LogP contribution in [0.3, 0.4) is 0 Å². The van der Waals surface area contributed by atoms with Crippen LogP contribution in [-0.2, 0) is 11.3 Å². The molecule has 3 rings (SSSR count). The summed E-state index contributed by atoms with van der Waals surface area (Å²) in [5, 5.41) is 0. The molecule has 0 radical (unpaired) electrons. The minimum Gasteiger partial charge on any atom is -0.380 e. The Morgan fingerprint density at radius 1 is 1.21 bits per heavy atom. The number of rotatable bonds is 5. The third-order valence-corrected chi connectivity index (χ3v) is 4.70. The van der Waals surface area contributed by atoms with Crippen molar-refractivity contribution in [3.8, 4) is 0 Å². The molecule has 102 valence electrons. The van der Waals surface area contributed by atoms with Crippen LogP contribution in [0.25, 0.3) is 6.08 Å². The Bertz CT molecular complexity index is 472. The molecule has 0 N–H and O–H groups in total. The number of hydrogen-bond donors (Lipinski definition) is 0. The zero-order valence-corrected chi connectivity index (χ0v) is 11.8. The third kappa shape index (κ3) is 2.34. The van der Waals surface area contributed by atoms with Crippen molar-refractivity contribution in [2.75, 3.05) is 7.11 Å². The van der Waals surface area contributed by atoms with Gasteiger partial charge in [0.1, 0.15) is 0 Å².